The van der Waals surface area contributed by atoms with Crippen molar-refractivity contribution in [3.63, 3.8) is 0 Å². The van der Waals surface area contributed by atoms with E-state index in [0.29, 0.717) is 0 Å². The molecule has 5 N–H and O–H groups in total. The van der Waals surface area contributed by atoms with Crippen LogP contribution in [0.15, 0.2) is 0 Å². The number of carbonyl (C=O) groups excluding carboxylic acids is 3. The largest absolute Gasteiger partial charge is 0.358 e. The van der Waals surface area contributed by atoms with Crippen LogP contribution >= 0.6 is 0 Å². The van der Waals surface area contributed by atoms with Gasteiger partial charge >= 0.3 is 0 Å². The molecule has 0 aromatic carbocycles. The van der Waals surface area contributed by atoms with Crippen LogP contribution in [0.25, 0.3) is 0 Å². The van der Waals surface area contributed by atoms with Gasteiger partial charge in [0.1, 0.15) is 0 Å². The molecule has 0 aliphatic carbocycles. The summed E-state index contributed by atoms with van der Waals surface area (Å²) in [6.45, 7) is 0.00358. The summed E-state index contributed by atoms with van der Waals surface area (Å²) in [5.41, 5.74) is 5.14. The molecule has 0 radical (unpaired) electrons. The van der Waals surface area contributed by atoms with E-state index in [9.17, 15) is 14.4 Å². The molecule has 0 spiro atoms. The predicted molar refractivity (Wildman–Crippen MR) is 53.8 cm³/mol. The van der Waals surface area contributed by atoms with Crippen molar-refractivity contribution in [2.75, 3.05) is 26.7 Å². The molecule has 0 atom stereocenters. The molecule has 0 heterocycles. The van der Waals surface area contributed by atoms with Crippen molar-refractivity contribution in [3.8, 4) is 0 Å². The topological polar surface area (TPSA) is 113 Å². The minimum atomic E-state index is -0.413. The molecule has 0 aromatic heterocycles. The maximum atomic E-state index is 11.0. The third-order valence-corrected chi connectivity index (χ3v) is 1.54. The molecule has 0 aromatic rings. The maximum Gasteiger partial charge on any atom is 0.239 e. The standard InChI is InChI=1S/C8H16N4O3/c1-10-7(14)4-12-8(15)5-11-6(13)2-3-9/h2-5,9H2,1H3,(H,10,14)(H,11,13)(H,12,15). The smallest absolute Gasteiger partial charge is 0.239 e. The zero-order chi connectivity index (χ0) is 11.7. The fourth-order valence-electron chi connectivity index (χ4n) is 0.728. The monoisotopic (exact) mass is 216 g/mol. The second-order valence-electron chi connectivity index (χ2n) is 2.77. The van der Waals surface area contributed by atoms with Crippen molar-refractivity contribution in [2.24, 2.45) is 5.73 Å². The van der Waals surface area contributed by atoms with Gasteiger partial charge in [-0.1, -0.05) is 0 Å². The molecule has 0 saturated carbocycles. The molecule has 0 bridgehead atoms. The second kappa shape index (κ2) is 7.74. The van der Waals surface area contributed by atoms with Gasteiger partial charge in [0.25, 0.3) is 0 Å². The zero-order valence-electron chi connectivity index (χ0n) is 8.63. The van der Waals surface area contributed by atoms with Crippen LogP contribution in [0.2, 0.25) is 0 Å². The summed E-state index contributed by atoms with van der Waals surface area (Å²) in [7, 11) is 1.47. The van der Waals surface area contributed by atoms with Gasteiger partial charge in [0, 0.05) is 20.0 Å². The third-order valence-electron chi connectivity index (χ3n) is 1.54. The van der Waals surface area contributed by atoms with Crippen LogP contribution in [0.5, 0.6) is 0 Å². The Balaban J connectivity index is 3.57. The number of carbonyl (C=O) groups is 3. The zero-order valence-corrected chi connectivity index (χ0v) is 8.63. The van der Waals surface area contributed by atoms with E-state index >= 15 is 0 Å². The van der Waals surface area contributed by atoms with Gasteiger partial charge in [-0.3, -0.25) is 14.4 Å². The molecule has 15 heavy (non-hydrogen) atoms. The molecule has 0 aliphatic rings. The van der Waals surface area contributed by atoms with Gasteiger partial charge in [0.15, 0.2) is 0 Å². The average molecular weight is 216 g/mol. The van der Waals surface area contributed by atoms with Crippen LogP contribution in [0, 0.1) is 0 Å². The normalized spacial score (nSPS) is 9.20. The maximum absolute atomic E-state index is 11.0. The lowest BCUT2D eigenvalue weighted by molar-refractivity contribution is -0.127. The molecular formula is C8H16N4O3. The second-order valence-corrected chi connectivity index (χ2v) is 2.77. The van der Waals surface area contributed by atoms with E-state index in [-0.39, 0.29) is 37.9 Å². The Morgan fingerprint density at radius 2 is 1.53 bits per heavy atom. The lowest BCUT2D eigenvalue weighted by atomic mass is 10.4. The summed E-state index contributed by atoms with van der Waals surface area (Å²) in [6, 6.07) is 0. The van der Waals surface area contributed by atoms with Gasteiger partial charge in [0.05, 0.1) is 13.1 Å². The number of likely N-dealkylation sites (N-methyl/N-ethyl adjacent to an activating group) is 1. The summed E-state index contributed by atoms with van der Waals surface area (Å²) in [5.74, 6) is -0.992. The molecule has 7 nitrogen and oxygen atoms in total. The highest BCUT2D eigenvalue weighted by Crippen LogP contribution is 1.74. The summed E-state index contributed by atoms with van der Waals surface area (Å²) in [4.78, 5) is 32.7. The van der Waals surface area contributed by atoms with Crippen molar-refractivity contribution in [1.29, 1.82) is 0 Å². The number of amides is 3. The van der Waals surface area contributed by atoms with Crippen molar-refractivity contribution in [1.82, 2.24) is 16.0 Å². The summed E-state index contributed by atoms with van der Waals surface area (Å²) < 4.78 is 0. The third kappa shape index (κ3) is 7.44. The molecule has 0 aliphatic heterocycles. The Kier molecular flexibility index (Phi) is 6.90. The van der Waals surface area contributed by atoms with Crippen LogP contribution in [-0.2, 0) is 14.4 Å². The number of rotatable bonds is 6. The first-order chi connectivity index (χ1) is 7.10. The molecular weight excluding hydrogens is 200 g/mol. The van der Waals surface area contributed by atoms with Gasteiger partial charge in [-0.15, -0.1) is 0 Å². The van der Waals surface area contributed by atoms with E-state index < -0.39 is 5.91 Å². The van der Waals surface area contributed by atoms with Gasteiger partial charge < -0.3 is 21.7 Å². The molecule has 0 unspecified atom stereocenters. The Labute approximate surface area is 87.8 Å². The first kappa shape index (κ1) is 13.4. The average Bonchev–Trinajstić information content (AvgIpc) is 2.23. The summed E-state index contributed by atoms with van der Waals surface area (Å²) in [6.07, 6.45) is 0.183. The van der Waals surface area contributed by atoms with Crippen LogP contribution in [-0.4, -0.2) is 44.4 Å². The predicted octanol–water partition coefficient (Wildman–Crippen LogP) is -2.69. The lowest BCUT2D eigenvalue weighted by Gasteiger charge is -2.05. The molecule has 0 fully saturated rings. The van der Waals surface area contributed by atoms with Crippen LogP contribution < -0.4 is 21.7 Å². The molecule has 0 rings (SSSR count). The van der Waals surface area contributed by atoms with Crippen molar-refractivity contribution < 1.29 is 14.4 Å². The Hall–Kier alpha value is -1.63. The molecule has 7 heteroatoms. The highest BCUT2D eigenvalue weighted by atomic mass is 16.2. The van der Waals surface area contributed by atoms with E-state index in [1.165, 1.54) is 7.05 Å². The highest BCUT2D eigenvalue weighted by molar-refractivity contribution is 5.88. The van der Waals surface area contributed by atoms with Crippen molar-refractivity contribution in [2.45, 2.75) is 6.42 Å². The van der Waals surface area contributed by atoms with Crippen molar-refractivity contribution >= 4 is 17.7 Å². The fraction of sp³-hybridized carbons (Fsp3) is 0.625. The first-order valence-electron chi connectivity index (χ1n) is 4.54. The van der Waals surface area contributed by atoms with E-state index in [2.05, 4.69) is 16.0 Å². The van der Waals surface area contributed by atoms with Crippen LogP contribution in [0.3, 0.4) is 0 Å². The quantitative estimate of drug-likeness (QED) is 0.387. The molecule has 3 amide bonds. The lowest BCUT2D eigenvalue weighted by Crippen LogP contribution is -2.41. The van der Waals surface area contributed by atoms with E-state index in [1.54, 1.807) is 0 Å². The number of nitrogens with two attached hydrogens (primary N) is 1. The summed E-state index contributed by atoms with van der Waals surface area (Å²) in [5, 5.41) is 7.04. The van der Waals surface area contributed by atoms with Gasteiger partial charge in [-0.25, -0.2) is 0 Å². The van der Waals surface area contributed by atoms with Gasteiger partial charge in [-0.2, -0.15) is 0 Å². The molecule has 0 saturated heterocycles. The van der Waals surface area contributed by atoms with Crippen LogP contribution in [0.1, 0.15) is 6.42 Å². The van der Waals surface area contributed by atoms with Crippen LogP contribution in [0.4, 0.5) is 0 Å². The first-order valence-corrected chi connectivity index (χ1v) is 4.54. The minimum absolute atomic E-state index is 0.0951. The minimum Gasteiger partial charge on any atom is -0.358 e. The number of hydrogen-bond donors (Lipinski definition) is 4. The van der Waals surface area contributed by atoms with Gasteiger partial charge in [-0.05, 0) is 0 Å². The summed E-state index contributed by atoms with van der Waals surface area (Å²) >= 11 is 0. The fourth-order valence-corrected chi connectivity index (χ4v) is 0.728. The number of hydrogen-bond acceptors (Lipinski definition) is 4. The number of nitrogens with one attached hydrogen (secondary N) is 3. The van der Waals surface area contributed by atoms with E-state index in [1.807, 2.05) is 0 Å². The highest BCUT2D eigenvalue weighted by Gasteiger charge is 2.05. The van der Waals surface area contributed by atoms with E-state index in [4.69, 9.17) is 5.73 Å². The van der Waals surface area contributed by atoms with E-state index in [0.717, 1.165) is 0 Å². The Morgan fingerprint density at radius 1 is 1.00 bits per heavy atom. The Morgan fingerprint density at radius 3 is 2.07 bits per heavy atom. The van der Waals surface area contributed by atoms with Gasteiger partial charge in [0.2, 0.25) is 17.7 Å². The molecule has 86 valence electrons. The van der Waals surface area contributed by atoms with Crippen molar-refractivity contribution in [3.05, 3.63) is 0 Å². The Bertz CT molecular complexity index is 242. The SMILES string of the molecule is CNC(=O)CNC(=O)CNC(=O)CCN.